The van der Waals surface area contributed by atoms with E-state index in [1.807, 2.05) is 28.9 Å². The Hall–Kier alpha value is -1.62. The summed E-state index contributed by atoms with van der Waals surface area (Å²) < 4.78 is 2.97. The molecule has 0 saturated heterocycles. The SMILES string of the molecule is O=C(O)Cc1nn2c(c1-c1ccc(Br)cc1)CCC2. The molecule has 0 spiro atoms. The monoisotopic (exact) mass is 320 g/mol. The van der Waals surface area contributed by atoms with E-state index in [4.69, 9.17) is 5.11 Å². The summed E-state index contributed by atoms with van der Waals surface area (Å²) in [5.74, 6) is -0.838. The van der Waals surface area contributed by atoms with Crippen molar-refractivity contribution in [1.82, 2.24) is 9.78 Å². The maximum atomic E-state index is 11.0. The second-order valence-electron chi connectivity index (χ2n) is 4.67. The Morgan fingerprint density at radius 3 is 2.79 bits per heavy atom. The Morgan fingerprint density at radius 1 is 1.37 bits per heavy atom. The van der Waals surface area contributed by atoms with Gasteiger partial charge in [-0.2, -0.15) is 5.10 Å². The standard InChI is InChI=1S/C14H13BrN2O2/c15-10-5-3-9(4-6-10)14-11(8-13(18)19)16-17-7-1-2-12(14)17/h3-6H,1-2,7-8H2,(H,18,19). The zero-order valence-corrected chi connectivity index (χ0v) is 11.9. The largest absolute Gasteiger partial charge is 0.481 e. The lowest BCUT2D eigenvalue weighted by atomic mass is 10.0. The number of halogens is 1. The van der Waals surface area contributed by atoms with Crippen molar-refractivity contribution >= 4 is 21.9 Å². The van der Waals surface area contributed by atoms with E-state index in [1.165, 1.54) is 5.69 Å². The van der Waals surface area contributed by atoms with Crippen LogP contribution in [0.1, 0.15) is 17.8 Å². The Balaban J connectivity index is 2.12. The third-order valence-corrected chi connectivity index (χ3v) is 3.89. The van der Waals surface area contributed by atoms with Gasteiger partial charge in [-0.3, -0.25) is 9.48 Å². The number of aliphatic carboxylic acids is 1. The van der Waals surface area contributed by atoms with Crippen molar-refractivity contribution in [1.29, 1.82) is 0 Å². The molecule has 0 aliphatic carbocycles. The van der Waals surface area contributed by atoms with Crippen LogP contribution in [0.4, 0.5) is 0 Å². The smallest absolute Gasteiger partial charge is 0.309 e. The molecule has 1 aliphatic rings. The van der Waals surface area contributed by atoms with Crippen molar-refractivity contribution in [3.05, 3.63) is 40.1 Å². The first kappa shape index (κ1) is 12.4. The Bertz CT molecular complexity index is 632. The van der Waals surface area contributed by atoms with Crippen molar-refractivity contribution in [2.24, 2.45) is 0 Å². The minimum atomic E-state index is -0.838. The van der Waals surface area contributed by atoms with Gasteiger partial charge in [0, 0.05) is 22.3 Å². The fourth-order valence-corrected chi connectivity index (χ4v) is 2.87. The van der Waals surface area contributed by atoms with Gasteiger partial charge in [0.05, 0.1) is 12.1 Å². The number of rotatable bonds is 3. The fourth-order valence-electron chi connectivity index (χ4n) is 2.60. The molecule has 0 fully saturated rings. The molecule has 0 amide bonds. The van der Waals surface area contributed by atoms with Gasteiger partial charge in [0.1, 0.15) is 0 Å². The Kier molecular flexibility index (Phi) is 3.14. The second-order valence-corrected chi connectivity index (χ2v) is 5.59. The van der Waals surface area contributed by atoms with Crippen LogP contribution in [0.15, 0.2) is 28.7 Å². The number of aryl methyl sites for hydroxylation is 1. The van der Waals surface area contributed by atoms with Gasteiger partial charge in [0.15, 0.2) is 0 Å². The van der Waals surface area contributed by atoms with Crippen LogP contribution in [0.25, 0.3) is 11.1 Å². The van der Waals surface area contributed by atoms with Gasteiger partial charge < -0.3 is 5.11 Å². The van der Waals surface area contributed by atoms with E-state index in [2.05, 4.69) is 21.0 Å². The summed E-state index contributed by atoms with van der Waals surface area (Å²) in [5, 5.41) is 13.5. The number of hydrogen-bond donors (Lipinski definition) is 1. The van der Waals surface area contributed by atoms with Crippen LogP contribution in [0, 0.1) is 0 Å². The van der Waals surface area contributed by atoms with E-state index >= 15 is 0 Å². The number of aromatic nitrogens is 2. The van der Waals surface area contributed by atoms with Crippen LogP contribution in [0.5, 0.6) is 0 Å². The molecular weight excluding hydrogens is 308 g/mol. The first-order valence-corrected chi connectivity index (χ1v) is 7.01. The molecule has 1 N–H and O–H groups in total. The predicted molar refractivity (Wildman–Crippen MR) is 75.0 cm³/mol. The zero-order valence-electron chi connectivity index (χ0n) is 10.3. The minimum Gasteiger partial charge on any atom is -0.481 e. The number of carboxylic acid groups (broad SMARTS) is 1. The molecule has 0 unspecified atom stereocenters. The van der Waals surface area contributed by atoms with Gasteiger partial charge in [-0.15, -0.1) is 0 Å². The lowest BCUT2D eigenvalue weighted by Gasteiger charge is -2.04. The summed E-state index contributed by atoms with van der Waals surface area (Å²) in [5.41, 5.74) is 3.89. The number of carboxylic acids is 1. The molecule has 2 heterocycles. The van der Waals surface area contributed by atoms with Crippen LogP contribution in [-0.4, -0.2) is 20.9 Å². The van der Waals surface area contributed by atoms with Crippen molar-refractivity contribution in [3.63, 3.8) is 0 Å². The van der Waals surface area contributed by atoms with E-state index in [1.54, 1.807) is 0 Å². The van der Waals surface area contributed by atoms with Gasteiger partial charge in [-0.05, 0) is 30.5 Å². The average Bonchev–Trinajstić information content (AvgIpc) is 2.90. The summed E-state index contributed by atoms with van der Waals surface area (Å²) in [6.45, 7) is 0.887. The Labute approximate surface area is 119 Å². The van der Waals surface area contributed by atoms with Gasteiger partial charge >= 0.3 is 5.97 Å². The molecular formula is C14H13BrN2O2. The molecule has 3 rings (SSSR count). The summed E-state index contributed by atoms with van der Waals surface area (Å²) in [6, 6.07) is 7.95. The highest BCUT2D eigenvalue weighted by atomic mass is 79.9. The molecule has 1 aromatic carbocycles. The fraction of sp³-hybridized carbons (Fsp3) is 0.286. The van der Waals surface area contributed by atoms with E-state index in [-0.39, 0.29) is 6.42 Å². The molecule has 0 atom stereocenters. The quantitative estimate of drug-likeness (QED) is 0.946. The van der Waals surface area contributed by atoms with Gasteiger partial charge in [0.2, 0.25) is 0 Å². The molecule has 0 radical (unpaired) electrons. The number of nitrogens with zero attached hydrogens (tertiary/aromatic N) is 2. The molecule has 1 aromatic heterocycles. The van der Waals surface area contributed by atoms with E-state index in [9.17, 15) is 4.79 Å². The van der Waals surface area contributed by atoms with E-state index < -0.39 is 5.97 Å². The lowest BCUT2D eigenvalue weighted by Crippen LogP contribution is -2.03. The van der Waals surface area contributed by atoms with Gasteiger partial charge in [-0.1, -0.05) is 28.1 Å². The molecule has 19 heavy (non-hydrogen) atoms. The first-order valence-electron chi connectivity index (χ1n) is 6.21. The number of fused-ring (bicyclic) bond motifs is 1. The highest BCUT2D eigenvalue weighted by Gasteiger charge is 2.23. The number of hydrogen-bond acceptors (Lipinski definition) is 2. The summed E-state index contributed by atoms with van der Waals surface area (Å²) >= 11 is 3.42. The normalized spacial score (nSPS) is 13.5. The van der Waals surface area contributed by atoms with Crippen LogP contribution in [0.3, 0.4) is 0 Å². The van der Waals surface area contributed by atoms with Crippen LogP contribution >= 0.6 is 15.9 Å². The van der Waals surface area contributed by atoms with Crippen molar-refractivity contribution in [2.75, 3.05) is 0 Å². The van der Waals surface area contributed by atoms with E-state index in [0.717, 1.165) is 35.0 Å². The van der Waals surface area contributed by atoms with Crippen LogP contribution in [-0.2, 0) is 24.2 Å². The molecule has 5 heteroatoms. The van der Waals surface area contributed by atoms with Crippen molar-refractivity contribution in [3.8, 4) is 11.1 Å². The molecule has 1 aliphatic heterocycles. The van der Waals surface area contributed by atoms with Crippen LogP contribution in [0.2, 0.25) is 0 Å². The third kappa shape index (κ3) is 2.30. The minimum absolute atomic E-state index is 0.0224. The predicted octanol–water partition coefficient (Wildman–Crippen LogP) is 2.89. The van der Waals surface area contributed by atoms with Crippen molar-refractivity contribution in [2.45, 2.75) is 25.8 Å². The highest BCUT2D eigenvalue weighted by Crippen LogP contribution is 2.32. The molecule has 98 valence electrons. The number of carbonyl (C=O) groups is 1. The third-order valence-electron chi connectivity index (χ3n) is 3.37. The first-order chi connectivity index (χ1) is 9.15. The zero-order chi connectivity index (χ0) is 13.4. The van der Waals surface area contributed by atoms with E-state index in [0.29, 0.717) is 5.69 Å². The summed E-state index contributed by atoms with van der Waals surface area (Å²) in [4.78, 5) is 11.0. The van der Waals surface area contributed by atoms with Gasteiger partial charge in [0.25, 0.3) is 0 Å². The van der Waals surface area contributed by atoms with Gasteiger partial charge in [-0.25, -0.2) is 0 Å². The average molecular weight is 321 g/mol. The molecule has 0 saturated carbocycles. The highest BCUT2D eigenvalue weighted by molar-refractivity contribution is 9.10. The molecule has 2 aromatic rings. The van der Waals surface area contributed by atoms with Crippen molar-refractivity contribution < 1.29 is 9.90 Å². The maximum Gasteiger partial charge on any atom is 0.309 e. The summed E-state index contributed by atoms with van der Waals surface area (Å²) in [6.07, 6.45) is 2.03. The molecule has 4 nitrogen and oxygen atoms in total. The second kappa shape index (κ2) is 4.81. The maximum absolute atomic E-state index is 11.0. The lowest BCUT2D eigenvalue weighted by molar-refractivity contribution is -0.136. The molecule has 0 bridgehead atoms. The Morgan fingerprint density at radius 2 is 2.11 bits per heavy atom. The topological polar surface area (TPSA) is 55.1 Å². The summed E-state index contributed by atoms with van der Waals surface area (Å²) in [7, 11) is 0. The van der Waals surface area contributed by atoms with Crippen LogP contribution < -0.4 is 0 Å². The number of benzene rings is 1.